The van der Waals surface area contributed by atoms with Gasteiger partial charge in [0.1, 0.15) is 0 Å². The molecule has 0 aliphatic heterocycles. The van der Waals surface area contributed by atoms with Crippen LogP contribution in [0.4, 0.5) is 0 Å². The summed E-state index contributed by atoms with van der Waals surface area (Å²) in [4.78, 5) is 9.34. The van der Waals surface area contributed by atoms with Crippen LogP contribution < -0.4 is 9.88 Å². The summed E-state index contributed by atoms with van der Waals surface area (Å²) in [6.07, 6.45) is 15.8. The average Bonchev–Trinajstić information content (AvgIpc) is 3.14. The zero-order chi connectivity index (χ0) is 14.2. The molecule has 2 aromatic rings. The summed E-state index contributed by atoms with van der Waals surface area (Å²) < 4.78 is 3.47. The lowest BCUT2D eigenvalue weighted by Gasteiger charge is -2.04. The van der Waals surface area contributed by atoms with Crippen molar-refractivity contribution in [3.8, 4) is 0 Å². The van der Waals surface area contributed by atoms with Crippen molar-refractivity contribution in [1.29, 1.82) is 0 Å². The maximum absolute atomic E-state index is 4.85. The van der Waals surface area contributed by atoms with E-state index in [-0.39, 0.29) is 0 Å². The second kappa shape index (κ2) is 5.11. The van der Waals surface area contributed by atoms with Gasteiger partial charge in [0.25, 0.3) is 0 Å². The Labute approximate surface area is 127 Å². The van der Waals surface area contributed by atoms with E-state index in [1.807, 2.05) is 6.33 Å². The summed E-state index contributed by atoms with van der Waals surface area (Å²) in [5.74, 6) is 0. The molecule has 0 bridgehead atoms. The fourth-order valence-electron chi connectivity index (χ4n) is 2.89. The number of rotatable bonds is 4. The fourth-order valence-corrected chi connectivity index (χ4v) is 3.95. The van der Waals surface area contributed by atoms with Crippen molar-refractivity contribution in [3.05, 3.63) is 56.9 Å². The molecule has 106 valence electrons. The summed E-state index contributed by atoms with van der Waals surface area (Å²) >= 11 is 1.80. The van der Waals surface area contributed by atoms with Gasteiger partial charge in [-0.25, -0.2) is 9.97 Å². The maximum Gasteiger partial charge on any atom is 0.0998 e. The number of hydrogen-bond donors (Lipinski definition) is 0. The maximum atomic E-state index is 4.85. The molecule has 3 nitrogen and oxygen atoms in total. The lowest BCUT2D eigenvalue weighted by Crippen LogP contribution is -2.19. The number of fused-ring (bicyclic) bond motifs is 2. The molecule has 0 aromatic carbocycles. The van der Waals surface area contributed by atoms with Crippen LogP contribution in [0.25, 0.3) is 11.6 Å². The number of allylic oxidation sites excluding steroid dienone is 4. The molecule has 4 rings (SSSR count). The van der Waals surface area contributed by atoms with Crippen molar-refractivity contribution < 1.29 is 0 Å². The molecule has 0 unspecified atom stereocenters. The third kappa shape index (κ3) is 2.29. The Kier molecular flexibility index (Phi) is 3.11. The van der Waals surface area contributed by atoms with Gasteiger partial charge in [0.05, 0.1) is 26.9 Å². The van der Waals surface area contributed by atoms with Gasteiger partial charge in [-0.3, -0.25) is 0 Å². The van der Waals surface area contributed by atoms with Gasteiger partial charge in [-0.2, -0.15) is 0 Å². The Morgan fingerprint density at radius 3 is 3.24 bits per heavy atom. The zero-order valence-corrected chi connectivity index (χ0v) is 12.9. The number of aryl methyl sites for hydroxylation is 1. The molecular weight excluding hydrogens is 278 g/mol. The highest BCUT2D eigenvalue weighted by molar-refractivity contribution is 7.09. The van der Waals surface area contributed by atoms with Crippen LogP contribution in [0.2, 0.25) is 0 Å². The molecule has 2 aromatic heterocycles. The van der Waals surface area contributed by atoms with E-state index in [4.69, 9.17) is 4.98 Å². The molecule has 2 heterocycles. The van der Waals surface area contributed by atoms with Crippen molar-refractivity contribution in [2.75, 3.05) is 0 Å². The largest absolute Gasteiger partial charge is 0.337 e. The van der Waals surface area contributed by atoms with Crippen LogP contribution >= 0.6 is 11.3 Å². The molecule has 0 atom stereocenters. The van der Waals surface area contributed by atoms with Crippen molar-refractivity contribution in [2.45, 2.75) is 32.7 Å². The lowest BCUT2D eigenvalue weighted by molar-refractivity contribution is 0.678. The van der Waals surface area contributed by atoms with Gasteiger partial charge in [0.2, 0.25) is 0 Å². The first-order chi connectivity index (χ1) is 10.3. The van der Waals surface area contributed by atoms with E-state index in [9.17, 15) is 0 Å². The molecule has 0 spiro atoms. The standard InChI is InChI=1S/C17H17N3S/c1-2-7-20-10-13(18-11-20)9-16-19-17-14-6-4-3-5-12(14)8-15(17)21-16/h3-5,8,10-11H,2,6-7,9H2,1H3. The summed E-state index contributed by atoms with van der Waals surface area (Å²) in [5.41, 5.74) is 3.83. The summed E-state index contributed by atoms with van der Waals surface area (Å²) in [7, 11) is 0. The van der Waals surface area contributed by atoms with Gasteiger partial charge in [0, 0.05) is 19.2 Å². The summed E-state index contributed by atoms with van der Waals surface area (Å²) in [6, 6.07) is 0. The summed E-state index contributed by atoms with van der Waals surface area (Å²) in [6.45, 7) is 3.22. The minimum Gasteiger partial charge on any atom is -0.337 e. The molecule has 0 saturated heterocycles. The number of thiazole rings is 1. The Morgan fingerprint density at radius 1 is 1.38 bits per heavy atom. The minimum atomic E-state index is 0.838. The molecule has 21 heavy (non-hydrogen) atoms. The van der Waals surface area contributed by atoms with Gasteiger partial charge in [-0.15, -0.1) is 11.3 Å². The van der Waals surface area contributed by atoms with E-state index in [2.05, 4.69) is 47.0 Å². The predicted octanol–water partition coefficient (Wildman–Crippen LogP) is 2.17. The van der Waals surface area contributed by atoms with Crippen molar-refractivity contribution in [1.82, 2.24) is 14.5 Å². The van der Waals surface area contributed by atoms with Gasteiger partial charge in [-0.1, -0.05) is 25.2 Å². The lowest BCUT2D eigenvalue weighted by atomic mass is 10.0. The minimum absolute atomic E-state index is 0.838. The van der Waals surface area contributed by atoms with Crippen LogP contribution in [0.3, 0.4) is 0 Å². The second-order valence-corrected chi connectivity index (χ2v) is 6.59. The highest BCUT2D eigenvalue weighted by Gasteiger charge is 2.16. The Balaban J connectivity index is 1.63. The fraction of sp³-hybridized carbons (Fsp3) is 0.294. The molecule has 0 saturated carbocycles. The van der Waals surface area contributed by atoms with Crippen molar-refractivity contribution in [3.63, 3.8) is 0 Å². The molecule has 0 fully saturated rings. The number of aromatic nitrogens is 3. The summed E-state index contributed by atoms with van der Waals surface area (Å²) in [5, 5.41) is 2.36. The molecule has 0 amide bonds. The molecule has 0 radical (unpaired) electrons. The van der Waals surface area contributed by atoms with Crippen molar-refractivity contribution >= 4 is 23.0 Å². The number of hydrogen-bond acceptors (Lipinski definition) is 3. The monoisotopic (exact) mass is 295 g/mol. The Morgan fingerprint density at radius 2 is 2.33 bits per heavy atom. The molecule has 0 N–H and O–H groups in total. The van der Waals surface area contributed by atoms with Crippen LogP contribution in [0.15, 0.2) is 36.3 Å². The smallest absolute Gasteiger partial charge is 0.0998 e. The highest BCUT2D eigenvalue weighted by atomic mass is 32.1. The third-order valence-corrected chi connectivity index (χ3v) is 4.86. The van der Waals surface area contributed by atoms with E-state index >= 15 is 0 Å². The first-order valence-electron chi connectivity index (χ1n) is 7.42. The van der Waals surface area contributed by atoms with Gasteiger partial charge >= 0.3 is 0 Å². The zero-order valence-electron chi connectivity index (χ0n) is 12.0. The first kappa shape index (κ1) is 12.8. The average molecular weight is 295 g/mol. The van der Waals surface area contributed by atoms with E-state index in [0.29, 0.717) is 0 Å². The molecule has 4 heteroatoms. The van der Waals surface area contributed by atoms with Gasteiger partial charge in [0.15, 0.2) is 0 Å². The van der Waals surface area contributed by atoms with Crippen LogP contribution in [-0.2, 0) is 13.0 Å². The molecule has 2 aliphatic carbocycles. The SMILES string of the molecule is CCCn1cnc(Cc2nc3c(s2)=CC2=CC=CCC=32)c1. The second-order valence-electron chi connectivity index (χ2n) is 5.48. The normalized spacial score (nSPS) is 15.7. The van der Waals surface area contributed by atoms with E-state index < -0.39 is 0 Å². The van der Waals surface area contributed by atoms with Crippen LogP contribution in [0.1, 0.15) is 30.5 Å². The van der Waals surface area contributed by atoms with Gasteiger partial charge in [-0.05, 0) is 30.1 Å². The van der Waals surface area contributed by atoms with Gasteiger partial charge < -0.3 is 4.57 Å². The van der Waals surface area contributed by atoms with Crippen molar-refractivity contribution in [2.24, 2.45) is 0 Å². The van der Waals surface area contributed by atoms with E-state index in [1.165, 1.54) is 26.0 Å². The first-order valence-corrected chi connectivity index (χ1v) is 8.23. The van der Waals surface area contributed by atoms with E-state index in [0.717, 1.165) is 31.5 Å². The van der Waals surface area contributed by atoms with Crippen LogP contribution in [0.5, 0.6) is 0 Å². The van der Waals surface area contributed by atoms with Crippen LogP contribution in [0, 0.1) is 0 Å². The Bertz CT molecular complexity index is 864. The van der Waals surface area contributed by atoms with Crippen LogP contribution in [-0.4, -0.2) is 14.5 Å². The molecule has 2 aliphatic rings. The topological polar surface area (TPSA) is 30.7 Å². The van der Waals surface area contributed by atoms with E-state index in [1.54, 1.807) is 11.3 Å². The highest BCUT2D eigenvalue weighted by Crippen LogP contribution is 2.23. The number of imidazole rings is 1. The Hall–Kier alpha value is -1.94. The third-order valence-electron chi connectivity index (χ3n) is 3.85. The molecular formula is C17H17N3S. The quantitative estimate of drug-likeness (QED) is 0.865. The number of nitrogens with zero attached hydrogens (tertiary/aromatic N) is 3. The predicted molar refractivity (Wildman–Crippen MR) is 86.4 cm³/mol.